The normalized spacial score (nSPS) is 15.5. The number of carboxylic acid groups (broad SMARTS) is 3. The van der Waals surface area contributed by atoms with Crippen molar-refractivity contribution in [1.82, 2.24) is 46.5 Å². The van der Waals surface area contributed by atoms with E-state index in [0.29, 0.717) is 112 Å². The molecule has 0 spiro atoms. The molecule has 488 valence electrons. The second-order valence-electron chi connectivity index (χ2n) is 23.2. The molecule has 89 heavy (non-hydrogen) atoms. The quantitative estimate of drug-likeness (QED) is 0.0349. The predicted octanol–water partition coefficient (Wildman–Crippen LogP) is 4.60. The lowest BCUT2D eigenvalue weighted by Gasteiger charge is -2.27. The summed E-state index contributed by atoms with van der Waals surface area (Å²) in [5, 5.41) is 44.9. The topological polar surface area (TPSA) is 445 Å². The van der Waals surface area contributed by atoms with Gasteiger partial charge in [0.25, 0.3) is 0 Å². The predicted molar refractivity (Wildman–Crippen MR) is 344 cm³/mol. The van der Waals surface area contributed by atoms with Crippen molar-refractivity contribution in [2.24, 2.45) is 28.7 Å². The highest BCUT2D eigenvalue weighted by atomic mass is 16.4. The van der Waals surface area contributed by atoms with Gasteiger partial charge in [-0.3, -0.25) is 33.8 Å². The van der Waals surface area contributed by atoms with Crippen molar-refractivity contribution in [2.75, 3.05) is 32.7 Å². The summed E-state index contributed by atoms with van der Waals surface area (Å²) in [5.41, 5.74) is 37.0. The van der Waals surface area contributed by atoms with Gasteiger partial charge in [-0.05, 0) is 203 Å². The fourth-order valence-corrected chi connectivity index (χ4v) is 11.7. The van der Waals surface area contributed by atoms with E-state index in [1.165, 1.54) is 0 Å². The summed E-state index contributed by atoms with van der Waals surface area (Å²) in [5.74, 6) is -8.45. The van der Waals surface area contributed by atoms with E-state index in [0.717, 1.165) is 33.3 Å². The number of nitrogens with zero attached hydrogens (tertiary/aromatic N) is 2. The zero-order chi connectivity index (χ0) is 65.5. The molecule has 2 unspecified atom stereocenters. The lowest BCUT2D eigenvalue weighted by molar-refractivity contribution is -0.142. The average molecular weight is 1240 g/mol. The molecule has 20 N–H and O–H groups in total. The summed E-state index contributed by atoms with van der Waals surface area (Å²) in [6, 6.07) is -0.620. The first-order valence-electron chi connectivity index (χ1n) is 31.4. The first kappa shape index (κ1) is 71.9. The Balaban J connectivity index is 1.60. The molecule has 5 amide bonds. The van der Waals surface area contributed by atoms with E-state index >= 15 is 4.79 Å². The van der Waals surface area contributed by atoms with E-state index in [4.69, 9.17) is 38.6 Å². The van der Waals surface area contributed by atoms with Crippen LogP contribution in [-0.4, -0.2) is 146 Å². The number of nitrogens with one attached hydrogen (secondary N) is 7. The van der Waals surface area contributed by atoms with Crippen LogP contribution >= 0.6 is 0 Å². The van der Waals surface area contributed by atoms with Gasteiger partial charge in [0.15, 0.2) is 0 Å². The fraction of sp³-hybridized carbons (Fsp3) is 0.562. The summed E-state index contributed by atoms with van der Waals surface area (Å²) < 4.78 is 0. The Morgan fingerprint density at radius 2 is 1.03 bits per heavy atom. The number of carbonyl (C=O) groups excluding carboxylic acids is 5. The summed E-state index contributed by atoms with van der Waals surface area (Å²) in [6.07, 6.45) is 6.40. The number of hydrogen-bond acceptors (Lipinski definition) is 15. The second-order valence-corrected chi connectivity index (χ2v) is 23.2. The van der Waals surface area contributed by atoms with Gasteiger partial charge in [0, 0.05) is 57.1 Å². The average Bonchev–Trinajstić information content (AvgIpc) is 1.80. The second kappa shape index (κ2) is 35.4. The molecule has 8 bridgehead atoms. The molecular weight excluding hydrogens is 1140 g/mol. The van der Waals surface area contributed by atoms with Crippen LogP contribution in [0.2, 0.25) is 0 Å². The Kier molecular flexibility index (Phi) is 28.6. The maximum absolute atomic E-state index is 15.1. The summed E-state index contributed by atoms with van der Waals surface area (Å²) in [6.45, 7) is 15.0. The van der Waals surface area contributed by atoms with Crippen LogP contribution < -0.4 is 55.3 Å². The van der Waals surface area contributed by atoms with Crippen molar-refractivity contribution in [3.63, 3.8) is 0 Å². The van der Waals surface area contributed by atoms with E-state index in [9.17, 15) is 48.9 Å². The first-order valence-corrected chi connectivity index (χ1v) is 31.4. The Morgan fingerprint density at radius 1 is 0.584 bits per heavy atom. The molecule has 7 atom stereocenters. The monoisotopic (exact) mass is 1240 g/mol. The number of carboxylic acids is 3. The molecule has 0 saturated heterocycles. The van der Waals surface area contributed by atoms with Gasteiger partial charge in [0.2, 0.25) is 29.5 Å². The number of H-pyrrole nitrogens is 2. The van der Waals surface area contributed by atoms with Crippen LogP contribution in [0.15, 0.2) is 24.8 Å². The third-order valence-corrected chi connectivity index (χ3v) is 16.9. The number of aromatic nitrogens is 4. The molecule has 0 aliphatic carbocycles. The van der Waals surface area contributed by atoms with E-state index in [1.807, 2.05) is 39.8 Å². The van der Waals surface area contributed by atoms with Gasteiger partial charge in [-0.1, -0.05) is 26.5 Å². The minimum atomic E-state index is -1.33. The molecular formula is C64H96N14O11. The number of allylic oxidation sites excluding steroid dienone is 1. The van der Waals surface area contributed by atoms with Crippen LogP contribution in [0.3, 0.4) is 0 Å². The minimum absolute atomic E-state index is 0.0486. The third kappa shape index (κ3) is 19.6. The van der Waals surface area contributed by atoms with Gasteiger partial charge in [0.1, 0.15) is 30.2 Å². The van der Waals surface area contributed by atoms with Crippen LogP contribution in [0.1, 0.15) is 192 Å². The molecule has 25 heteroatoms. The molecule has 0 aromatic carbocycles. The van der Waals surface area contributed by atoms with Crippen molar-refractivity contribution in [1.29, 1.82) is 0 Å². The molecule has 0 saturated carbocycles. The number of aromatic amines is 2. The van der Waals surface area contributed by atoms with E-state index in [-0.39, 0.29) is 87.1 Å². The number of fused-ring (bicyclic) bond motifs is 8. The summed E-state index contributed by atoms with van der Waals surface area (Å²) in [4.78, 5) is 128. The number of hydrogen-bond donors (Lipinski definition) is 15. The largest absolute Gasteiger partial charge is 0.481 e. The zero-order valence-corrected chi connectivity index (χ0v) is 52.4. The number of unbranched alkanes of at least 4 members (excludes halogenated alkanes) is 5. The number of rotatable bonds is 38. The van der Waals surface area contributed by atoms with Crippen LogP contribution in [0, 0.1) is 13.8 Å². The molecule has 0 fully saturated rings. The highest BCUT2D eigenvalue weighted by Crippen LogP contribution is 2.44. The lowest BCUT2D eigenvalue weighted by Crippen LogP contribution is -2.59. The number of aryl methyl sites for hydroxylation is 3. The van der Waals surface area contributed by atoms with Crippen LogP contribution in [0.25, 0.3) is 39.3 Å². The van der Waals surface area contributed by atoms with E-state index in [1.54, 1.807) is 19.1 Å². The Labute approximate surface area is 520 Å². The van der Waals surface area contributed by atoms with Gasteiger partial charge >= 0.3 is 17.9 Å². The molecule has 3 aromatic heterocycles. The molecule has 2 aliphatic rings. The van der Waals surface area contributed by atoms with Crippen molar-refractivity contribution in [2.45, 2.75) is 199 Å². The van der Waals surface area contributed by atoms with Gasteiger partial charge < -0.3 is 80.5 Å². The summed E-state index contributed by atoms with van der Waals surface area (Å²) >= 11 is 0. The van der Waals surface area contributed by atoms with Gasteiger partial charge in [0.05, 0.1) is 29.1 Å². The maximum Gasteiger partial charge on any atom is 0.338 e. The van der Waals surface area contributed by atoms with Crippen molar-refractivity contribution >= 4 is 86.7 Å². The van der Waals surface area contributed by atoms with E-state index < -0.39 is 95.9 Å². The molecule has 0 radical (unpaired) electrons. The fourth-order valence-electron chi connectivity index (χ4n) is 11.7. The molecule has 25 nitrogen and oxygen atoms in total. The van der Waals surface area contributed by atoms with Gasteiger partial charge in [-0.2, -0.15) is 0 Å². The molecule has 5 heterocycles. The van der Waals surface area contributed by atoms with Crippen LogP contribution in [0.5, 0.6) is 0 Å². The molecule has 5 rings (SSSR count). The third-order valence-electron chi connectivity index (χ3n) is 16.9. The smallest absolute Gasteiger partial charge is 0.338 e. The Hall–Kier alpha value is -7.84. The molecule has 3 aromatic rings. The highest BCUT2D eigenvalue weighted by molar-refractivity contribution is 6.24. The zero-order valence-electron chi connectivity index (χ0n) is 52.4. The van der Waals surface area contributed by atoms with Crippen LogP contribution in [0.4, 0.5) is 0 Å². The Morgan fingerprint density at radius 3 is 1.47 bits per heavy atom. The number of carbonyl (C=O) groups is 8. The van der Waals surface area contributed by atoms with Crippen molar-refractivity contribution in [3.05, 3.63) is 75.4 Å². The summed E-state index contributed by atoms with van der Waals surface area (Å²) in [7, 11) is 0. The highest BCUT2D eigenvalue weighted by Gasteiger charge is 2.37. The lowest BCUT2D eigenvalue weighted by atomic mass is 9.84. The SMILES string of the molecule is C=Cc1c(C)c2cc3nc(c(CC(=O)N[C@@H](CCCCN)C(=O)N[C@@H](CCCCN)C(=O)N[C@@H](CCCCN)C(=O)N[C@@H](CCCCN)C(=O)N[C@@H](CCCCN)C(=O)O)c4nc(cc5[nH]c(cc1[nH]2)c(C)c5CC)C(C)=C4C(=O)O)C(CCC(=O)O)C3C. The number of aliphatic carboxylic acids is 3. The maximum atomic E-state index is 15.1. The van der Waals surface area contributed by atoms with Crippen LogP contribution in [-0.2, 0) is 51.2 Å². The minimum Gasteiger partial charge on any atom is -0.481 e. The van der Waals surface area contributed by atoms with Crippen molar-refractivity contribution in [3.8, 4) is 0 Å². The van der Waals surface area contributed by atoms with Crippen molar-refractivity contribution < 1.29 is 53.7 Å². The number of amides is 5. The Bertz CT molecular complexity index is 3230. The first-order chi connectivity index (χ1) is 42.6. The van der Waals surface area contributed by atoms with E-state index in [2.05, 4.69) is 43.1 Å². The van der Waals surface area contributed by atoms with Gasteiger partial charge in [-0.15, -0.1) is 0 Å². The van der Waals surface area contributed by atoms with Gasteiger partial charge in [-0.25, -0.2) is 14.6 Å². The number of nitrogens with two attached hydrogens (primary N) is 5. The standard InChI is InChI=1S/C64H96N14O11/c1-7-39-35(3)48-32-50-37(5)41(24-25-55(80)81)57(73-50)42(58-56(64(88)89)38(6)51(74-58)34-53-40(8-2)36(4)49(71-53)33-52(39)70-48)31-54(79)72-43(19-9-14-26-65)59(82)75-44(20-10-15-27-66)60(83)76-45(21-11-16-28-67)61(84)77-46(22-12-17-29-68)62(85)78-47(63(86)87)23-13-18-30-69/h7,32-34,37,41,43-47,70-71H,1,8-31,65-69H2,2-6H3,(H,72,79)(H,75,82)(H,76,83)(H,77,84)(H,78,85)(H,80,81)(H,86,87)(H,88,89)/t37?,41?,43-,44-,45-,46-,47-/m0/s1. The molecule has 2 aliphatic heterocycles.